The second-order valence-corrected chi connectivity index (χ2v) is 15.5. The van der Waals surface area contributed by atoms with Gasteiger partial charge in [0.1, 0.15) is 5.82 Å². The summed E-state index contributed by atoms with van der Waals surface area (Å²) in [5.74, 6) is 0.372. The molecule has 4 heterocycles. The van der Waals surface area contributed by atoms with Gasteiger partial charge in [0.05, 0.1) is 11.7 Å². The number of pyridine rings is 1. The summed E-state index contributed by atoms with van der Waals surface area (Å²) in [7, 11) is 2.16. The number of carbonyl (C=O) groups is 3. The third kappa shape index (κ3) is 8.10. The number of fused-ring (bicyclic) bond motifs is 2. The van der Waals surface area contributed by atoms with Crippen molar-refractivity contribution in [3.63, 3.8) is 0 Å². The number of carbonyl (C=O) groups excluding carboxylic acids is 3. The first kappa shape index (κ1) is 35.9. The summed E-state index contributed by atoms with van der Waals surface area (Å²) in [5, 5.41) is 16.6. The van der Waals surface area contributed by atoms with E-state index in [4.69, 9.17) is 10.7 Å². The third-order valence-corrected chi connectivity index (χ3v) is 11.8. The number of aliphatic hydroxyl groups is 1. The zero-order valence-corrected chi connectivity index (χ0v) is 30.5. The first-order valence-electron chi connectivity index (χ1n) is 19.1. The van der Waals surface area contributed by atoms with Crippen LogP contribution in [-0.2, 0) is 0 Å². The number of piperidine rings is 1. The van der Waals surface area contributed by atoms with E-state index in [9.17, 15) is 19.5 Å². The van der Waals surface area contributed by atoms with E-state index in [0.717, 1.165) is 70.5 Å². The van der Waals surface area contributed by atoms with Crippen LogP contribution in [0.15, 0.2) is 60.8 Å². The molecule has 3 saturated heterocycles. The minimum atomic E-state index is -0.544. The van der Waals surface area contributed by atoms with Crippen LogP contribution >= 0.6 is 0 Å². The van der Waals surface area contributed by atoms with Crippen molar-refractivity contribution >= 4 is 34.8 Å². The number of ketones is 1. The molecule has 0 radical (unpaired) electrons. The van der Waals surface area contributed by atoms with Gasteiger partial charge in [-0.05, 0) is 112 Å². The second-order valence-electron chi connectivity index (χ2n) is 15.5. The van der Waals surface area contributed by atoms with E-state index in [1.807, 2.05) is 12.1 Å². The van der Waals surface area contributed by atoms with E-state index in [0.29, 0.717) is 41.6 Å². The maximum Gasteiger partial charge on any atom is 0.251 e. The Morgan fingerprint density at radius 3 is 2.17 bits per heavy atom. The maximum absolute atomic E-state index is 13.5. The molecule has 1 saturated carbocycles. The summed E-state index contributed by atoms with van der Waals surface area (Å²) in [6, 6.07) is 18.2. The second kappa shape index (κ2) is 15.6. The number of piperazine rings is 1. The van der Waals surface area contributed by atoms with E-state index in [2.05, 4.69) is 63.6 Å². The topological polar surface area (TPSA) is 144 Å². The number of aromatic nitrogens is 1. The van der Waals surface area contributed by atoms with Gasteiger partial charge >= 0.3 is 0 Å². The lowest BCUT2D eigenvalue weighted by molar-refractivity contribution is 0.0924. The summed E-state index contributed by atoms with van der Waals surface area (Å²) in [4.78, 5) is 50.9. The summed E-state index contributed by atoms with van der Waals surface area (Å²) < 4.78 is 0. The van der Waals surface area contributed by atoms with Crippen molar-refractivity contribution in [1.29, 1.82) is 0 Å². The molecule has 1 aromatic heterocycles. The highest BCUT2D eigenvalue weighted by molar-refractivity contribution is 6.02. The van der Waals surface area contributed by atoms with E-state index in [1.54, 1.807) is 24.4 Å². The molecule has 2 aromatic carbocycles. The first-order valence-corrected chi connectivity index (χ1v) is 19.1. The lowest BCUT2D eigenvalue weighted by Crippen LogP contribution is -2.50. The molecule has 7 rings (SSSR count). The Morgan fingerprint density at radius 2 is 1.54 bits per heavy atom. The molecule has 52 heavy (non-hydrogen) atoms. The average Bonchev–Trinajstić information content (AvgIpc) is 3.42. The van der Waals surface area contributed by atoms with Crippen molar-refractivity contribution in [2.45, 2.75) is 101 Å². The van der Waals surface area contributed by atoms with Crippen LogP contribution in [-0.4, -0.2) is 96.1 Å². The number of Topliss-reactive ketones (excluding diaryl/α,β-unsaturated/α-hetero) is 1. The van der Waals surface area contributed by atoms with Gasteiger partial charge in [-0.2, -0.15) is 0 Å². The van der Waals surface area contributed by atoms with Crippen LogP contribution in [0, 0.1) is 0 Å². The highest BCUT2D eigenvalue weighted by Crippen LogP contribution is 2.39. The molecule has 11 heteroatoms. The van der Waals surface area contributed by atoms with E-state index in [-0.39, 0.29) is 47.9 Å². The Labute approximate surface area is 306 Å². The number of primary amides is 1. The summed E-state index contributed by atoms with van der Waals surface area (Å²) in [5.41, 5.74) is 10.1. The van der Waals surface area contributed by atoms with Crippen LogP contribution in [0.2, 0.25) is 0 Å². The minimum Gasteiger partial charge on any atom is -0.393 e. The molecular formula is C41H53N7O4. The molecule has 3 atom stereocenters. The summed E-state index contributed by atoms with van der Waals surface area (Å²) >= 11 is 0. The Hall–Kier alpha value is -4.48. The molecule has 0 spiro atoms. The highest BCUT2D eigenvalue weighted by atomic mass is 16.3. The molecule has 2 amide bonds. The van der Waals surface area contributed by atoms with Crippen LogP contribution in [0.1, 0.15) is 107 Å². The molecule has 2 unspecified atom stereocenters. The van der Waals surface area contributed by atoms with Gasteiger partial charge in [-0.25, -0.2) is 4.98 Å². The number of rotatable bonds is 11. The van der Waals surface area contributed by atoms with Crippen molar-refractivity contribution in [2.75, 3.05) is 48.3 Å². The molecule has 1 aliphatic carbocycles. The number of hydrogen-bond donors (Lipinski definition) is 4. The van der Waals surface area contributed by atoms with Crippen molar-refractivity contribution in [3.05, 3.63) is 83.0 Å². The smallest absolute Gasteiger partial charge is 0.251 e. The van der Waals surface area contributed by atoms with Gasteiger partial charge in [0, 0.05) is 85.5 Å². The largest absolute Gasteiger partial charge is 0.393 e. The van der Waals surface area contributed by atoms with Gasteiger partial charge in [-0.15, -0.1) is 0 Å². The predicted octanol–water partition coefficient (Wildman–Crippen LogP) is 4.95. The Morgan fingerprint density at radius 1 is 0.865 bits per heavy atom. The van der Waals surface area contributed by atoms with Crippen molar-refractivity contribution in [2.24, 2.45) is 5.73 Å². The summed E-state index contributed by atoms with van der Waals surface area (Å²) in [6.45, 7) is 6.32. The number of likely N-dealkylation sites (N-methyl/N-ethyl adjacent to an activating group) is 1. The van der Waals surface area contributed by atoms with Gasteiger partial charge in [-0.3, -0.25) is 14.4 Å². The molecular weight excluding hydrogens is 654 g/mol. The van der Waals surface area contributed by atoms with Crippen molar-refractivity contribution in [3.8, 4) is 0 Å². The number of hydrogen-bond acceptors (Lipinski definition) is 9. The number of nitrogens with two attached hydrogens (primary N) is 1. The molecule has 3 aliphatic heterocycles. The van der Waals surface area contributed by atoms with Crippen LogP contribution in [0.25, 0.3) is 0 Å². The lowest BCUT2D eigenvalue weighted by Gasteiger charge is -2.40. The van der Waals surface area contributed by atoms with E-state index < -0.39 is 5.91 Å². The molecule has 276 valence electrons. The standard InChI is InChI=1S/C41H53N7O4/c1-26(27-3-9-32(10-4-27)47-19-17-46(2)18-20-47)21-38(50)29-6-16-39(43-25-29)48-33-11-12-34(48)24-31(23-33)45-41(52)28-5-15-36(40(42)51)37(22-28)44-30-7-13-35(49)14-8-30/h3-6,9-10,15-16,22,25-26,30-31,33-35,44,49H,7-8,11-14,17-21,23-24H2,1-2H3,(H2,42,51)(H,45,52)/t26-,30?,31?,33?,34?,35?/m1/s1. The zero-order valence-electron chi connectivity index (χ0n) is 30.5. The third-order valence-electron chi connectivity index (χ3n) is 11.8. The number of benzene rings is 2. The monoisotopic (exact) mass is 707 g/mol. The number of anilines is 3. The lowest BCUT2D eigenvalue weighted by atomic mass is 9.92. The first-order chi connectivity index (χ1) is 25.1. The van der Waals surface area contributed by atoms with Crippen molar-refractivity contribution in [1.82, 2.24) is 15.2 Å². The van der Waals surface area contributed by atoms with Gasteiger partial charge in [0.25, 0.3) is 11.8 Å². The van der Waals surface area contributed by atoms with Gasteiger partial charge in [-0.1, -0.05) is 19.1 Å². The Bertz CT molecular complexity index is 1720. The highest BCUT2D eigenvalue weighted by Gasteiger charge is 2.42. The van der Waals surface area contributed by atoms with Crippen LogP contribution in [0.3, 0.4) is 0 Å². The van der Waals surface area contributed by atoms with E-state index >= 15 is 0 Å². The number of amides is 2. The number of nitrogens with one attached hydrogen (secondary N) is 2. The molecule has 11 nitrogen and oxygen atoms in total. The Kier molecular flexibility index (Phi) is 10.8. The average molecular weight is 708 g/mol. The summed E-state index contributed by atoms with van der Waals surface area (Å²) in [6.07, 6.45) is 8.54. The predicted molar refractivity (Wildman–Crippen MR) is 204 cm³/mol. The molecule has 4 aliphatic rings. The quantitative estimate of drug-likeness (QED) is 0.204. The molecule has 2 bridgehead atoms. The van der Waals surface area contributed by atoms with Crippen molar-refractivity contribution < 1.29 is 19.5 Å². The molecule has 4 fully saturated rings. The van der Waals surface area contributed by atoms with Gasteiger partial charge < -0.3 is 36.2 Å². The normalized spacial score (nSPS) is 25.4. The minimum absolute atomic E-state index is 0.0197. The fourth-order valence-electron chi connectivity index (χ4n) is 8.69. The maximum atomic E-state index is 13.5. The van der Waals surface area contributed by atoms with Crippen LogP contribution in [0.4, 0.5) is 17.2 Å². The fourth-order valence-corrected chi connectivity index (χ4v) is 8.69. The van der Waals surface area contributed by atoms with Gasteiger partial charge in [0.15, 0.2) is 5.78 Å². The molecule has 5 N–H and O–H groups in total. The number of nitrogens with zero attached hydrogens (tertiary/aromatic N) is 4. The van der Waals surface area contributed by atoms with Gasteiger partial charge in [0.2, 0.25) is 0 Å². The zero-order chi connectivity index (χ0) is 36.4. The number of aliphatic hydroxyl groups excluding tert-OH is 1. The fraction of sp³-hybridized carbons (Fsp3) is 0.512. The van der Waals surface area contributed by atoms with Crippen LogP contribution in [0.5, 0.6) is 0 Å². The molecule has 3 aromatic rings. The SMILES string of the molecule is C[C@H](CC(=O)c1ccc(N2C3CCC2CC(NC(=O)c2ccc(C(N)=O)c(NC4CCC(O)CC4)c2)C3)nc1)c1ccc(N2CCN(C)CC2)cc1. The van der Waals surface area contributed by atoms with E-state index in [1.165, 1.54) is 11.3 Å². The Balaban J connectivity index is 0.930. The van der Waals surface area contributed by atoms with Crippen LogP contribution < -0.4 is 26.2 Å².